The molecule has 158 valence electrons. The quantitative estimate of drug-likeness (QED) is 0.789. The van der Waals surface area contributed by atoms with Crippen LogP contribution in [0.2, 0.25) is 0 Å². The van der Waals surface area contributed by atoms with Gasteiger partial charge in [-0.15, -0.1) is 0 Å². The van der Waals surface area contributed by atoms with E-state index in [1.54, 1.807) is 36.1 Å². The molecular formula is C20H27FN4O3S. The Morgan fingerprint density at radius 3 is 2.45 bits per heavy atom. The van der Waals surface area contributed by atoms with E-state index >= 15 is 0 Å². The van der Waals surface area contributed by atoms with Crippen LogP contribution < -0.4 is 4.90 Å². The van der Waals surface area contributed by atoms with Crippen LogP contribution in [0.4, 0.5) is 10.1 Å². The smallest absolute Gasteiger partial charge is 0.245 e. The number of halogens is 1. The van der Waals surface area contributed by atoms with E-state index in [0.29, 0.717) is 18.5 Å². The minimum Gasteiger partial charge on any atom is -0.387 e. The molecule has 1 saturated heterocycles. The lowest BCUT2D eigenvalue weighted by atomic mass is 10.2. The Bertz CT molecular complexity index is 953. The number of sulfonamides is 1. The highest BCUT2D eigenvalue weighted by molar-refractivity contribution is 7.89. The van der Waals surface area contributed by atoms with Crippen molar-refractivity contribution in [1.29, 1.82) is 0 Å². The number of anilines is 1. The molecule has 3 heterocycles. The van der Waals surface area contributed by atoms with Crippen molar-refractivity contribution < 1.29 is 17.9 Å². The van der Waals surface area contributed by atoms with Gasteiger partial charge >= 0.3 is 0 Å². The molecule has 0 bridgehead atoms. The molecule has 1 unspecified atom stereocenters. The largest absolute Gasteiger partial charge is 0.387 e. The third-order valence-electron chi connectivity index (χ3n) is 5.75. The van der Waals surface area contributed by atoms with Gasteiger partial charge in [-0.1, -0.05) is 0 Å². The summed E-state index contributed by atoms with van der Waals surface area (Å²) < 4.78 is 41.8. The molecule has 2 aliphatic rings. The van der Waals surface area contributed by atoms with Crippen LogP contribution in [0.25, 0.3) is 0 Å². The van der Waals surface area contributed by atoms with Gasteiger partial charge in [-0.05, 0) is 37.2 Å². The molecule has 9 heteroatoms. The van der Waals surface area contributed by atoms with E-state index < -0.39 is 16.1 Å². The Hall–Kier alpha value is -1.94. The molecule has 1 atom stereocenters. The van der Waals surface area contributed by atoms with Gasteiger partial charge < -0.3 is 14.6 Å². The summed E-state index contributed by atoms with van der Waals surface area (Å²) in [5, 5.41) is 10.3. The van der Waals surface area contributed by atoms with E-state index in [1.807, 2.05) is 0 Å². The first kappa shape index (κ1) is 20.3. The van der Waals surface area contributed by atoms with E-state index in [0.717, 1.165) is 38.4 Å². The highest BCUT2D eigenvalue weighted by Crippen LogP contribution is 2.32. The van der Waals surface area contributed by atoms with Gasteiger partial charge in [0.2, 0.25) is 10.0 Å². The summed E-state index contributed by atoms with van der Waals surface area (Å²) in [6.07, 6.45) is 3.17. The van der Waals surface area contributed by atoms with E-state index in [9.17, 15) is 17.9 Å². The first-order valence-corrected chi connectivity index (χ1v) is 11.4. The summed E-state index contributed by atoms with van der Waals surface area (Å²) in [4.78, 5) is 4.77. The maximum atomic E-state index is 13.1. The van der Waals surface area contributed by atoms with Gasteiger partial charge in [0.25, 0.3) is 0 Å². The molecule has 0 saturated carbocycles. The Kier molecular flexibility index (Phi) is 5.65. The lowest BCUT2D eigenvalue weighted by Gasteiger charge is -2.36. The van der Waals surface area contributed by atoms with Crippen LogP contribution in [0, 0.1) is 5.82 Å². The Labute approximate surface area is 171 Å². The molecule has 2 aliphatic heterocycles. The fourth-order valence-corrected chi connectivity index (χ4v) is 5.91. The third kappa shape index (κ3) is 4.18. The molecule has 0 aliphatic carbocycles. The van der Waals surface area contributed by atoms with Crippen molar-refractivity contribution in [1.82, 2.24) is 13.8 Å². The number of fused-ring (bicyclic) bond motifs is 1. The van der Waals surface area contributed by atoms with Crippen LogP contribution in [0.5, 0.6) is 0 Å². The van der Waals surface area contributed by atoms with Crippen molar-refractivity contribution in [3.05, 3.63) is 48.0 Å². The standard InChI is InChI=1S/C20H27FN4O3S/c1-22-13-18-19(26)14-25(29(27,28)20(18)15-22)8-2-7-23-9-11-24(12-10-23)17-5-3-16(21)4-6-17/h3-6,13,15,19,26H,2,7-12,14H2,1H3. The predicted molar refractivity (Wildman–Crippen MR) is 109 cm³/mol. The van der Waals surface area contributed by atoms with Gasteiger partial charge in [0.15, 0.2) is 0 Å². The van der Waals surface area contributed by atoms with Crippen molar-refractivity contribution >= 4 is 15.7 Å². The van der Waals surface area contributed by atoms with Crippen LogP contribution >= 0.6 is 0 Å². The molecule has 0 spiro atoms. The van der Waals surface area contributed by atoms with E-state index in [1.165, 1.54) is 16.4 Å². The number of rotatable bonds is 5. The van der Waals surface area contributed by atoms with E-state index in [-0.39, 0.29) is 17.3 Å². The van der Waals surface area contributed by atoms with Gasteiger partial charge in [0.05, 0.1) is 6.10 Å². The molecule has 4 rings (SSSR count). The number of nitrogens with zero attached hydrogens (tertiary/aromatic N) is 4. The normalized spacial score (nSPS) is 22.6. The zero-order chi connectivity index (χ0) is 20.6. The third-order valence-corrected chi connectivity index (χ3v) is 7.66. The molecule has 0 amide bonds. The minimum atomic E-state index is -3.55. The number of hydrogen-bond acceptors (Lipinski definition) is 5. The lowest BCUT2D eigenvalue weighted by molar-refractivity contribution is 0.136. The topological polar surface area (TPSA) is 69.0 Å². The number of aromatic nitrogens is 1. The summed E-state index contributed by atoms with van der Waals surface area (Å²) >= 11 is 0. The second-order valence-corrected chi connectivity index (χ2v) is 9.69. The van der Waals surface area contributed by atoms with Crippen molar-refractivity contribution in [2.75, 3.05) is 50.7 Å². The van der Waals surface area contributed by atoms with Crippen molar-refractivity contribution in [2.24, 2.45) is 7.05 Å². The number of piperazine rings is 1. The average Bonchev–Trinajstić information content (AvgIpc) is 3.11. The Balaban J connectivity index is 1.28. The lowest BCUT2D eigenvalue weighted by Crippen LogP contribution is -2.47. The number of benzene rings is 1. The SMILES string of the molecule is Cn1cc2c(c1)S(=O)(=O)N(CCCN1CCN(c3ccc(F)cc3)CC1)CC2O. The molecule has 1 aromatic heterocycles. The highest BCUT2D eigenvalue weighted by Gasteiger charge is 2.37. The number of aliphatic hydroxyl groups excluding tert-OH is 1. The monoisotopic (exact) mass is 422 g/mol. The van der Waals surface area contributed by atoms with Gasteiger partial charge in [0.1, 0.15) is 10.7 Å². The summed E-state index contributed by atoms with van der Waals surface area (Å²) in [6, 6.07) is 6.56. The van der Waals surface area contributed by atoms with Gasteiger partial charge in [0, 0.05) is 70.0 Å². The van der Waals surface area contributed by atoms with Crippen molar-refractivity contribution in [2.45, 2.75) is 17.4 Å². The molecule has 7 nitrogen and oxygen atoms in total. The molecule has 2 aromatic rings. The van der Waals surface area contributed by atoms with Crippen LogP contribution in [0.15, 0.2) is 41.6 Å². The maximum absolute atomic E-state index is 13.1. The fraction of sp³-hybridized carbons (Fsp3) is 0.500. The van der Waals surface area contributed by atoms with Crippen LogP contribution in [-0.2, 0) is 17.1 Å². The minimum absolute atomic E-state index is 0.109. The highest BCUT2D eigenvalue weighted by atomic mass is 32.2. The van der Waals surface area contributed by atoms with E-state index in [2.05, 4.69) is 9.80 Å². The summed E-state index contributed by atoms with van der Waals surface area (Å²) in [6.45, 7) is 4.80. The summed E-state index contributed by atoms with van der Waals surface area (Å²) in [7, 11) is -1.79. The maximum Gasteiger partial charge on any atom is 0.245 e. The molecular weight excluding hydrogens is 395 g/mol. The molecule has 0 radical (unpaired) electrons. The average molecular weight is 423 g/mol. The molecule has 29 heavy (non-hydrogen) atoms. The van der Waals surface area contributed by atoms with Crippen LogP contribution in [0.1, 0.15) is 18.1 Å². The zero-order valence-electron chi connectivity index (χ0n) is 16.5. The van der Waals surface area contributed by atoms with Crippen LogP contribution in [-0.4, -0.2) is 73.1 Å². The number of aryl methyl sites for hydroxylation is 1. The second-order valence-electron chi connectivity index (χ2n) is 7.78. The van der Waals surface area contributed by atoms with E-state index in [4.69, 9.17) is 0 Å². The summed E-state index contributed by atoms with van der Waals surface area (Å²) in [5.41, 5.74) is 1.51. The number of β-amino-alcohol motifs (C(OH)–C–C–N with tert-alkyl or cyclic N) is 1. The van der Waals surface area contributed by atoms with Gasteiger partial charge in [-0.25, -0.2) is 12.8 Å². The summed E-state index contributed by atoms with van der Waals surface area (Å²) in [5.74, 6) is -0.229. The predicted octanol–water partition coefficient (Wildman–Crippen LogP) is 1.41. The van der Waals surface area contributed by atoms with Crippen molar-refractivity contribution in [3.8, 4) is 0 Å². The molecule has 1 fully saturated rings. The Morgan fingerprint density at radius 1 is 1.07 bits per heavy atom. The second kappa shape index (κ2) is 8.06. The van der Waals surface area contributed by atoms with Gasteiger partial charge in [-0.3, -0.25) is 4.90 Å². The first-order chi connectivity index (χ1) is 13.8. The van der Waals surface area contributed by atoms with Gasteiger partial charge in [-0.2, -0.15) is 4.31 Å². The molecule has 1 aromatic carbocycles. The Morgan fingerprint density at radius 2 is 1.76 bits per heavy atom. The molecule has 1 N–H and O–H groups in total. The zero-order valence-corrected chi connectivity index (χ0v) is 17.4. The first-order valence-electron chi connectivity index (χ1n) is 9.91. The number of aliphatic hydroxyl groups is 1. The fourth-order valence-electron chi connectivity index (χ4n) is 4.14. The number of hydrogen-bond donors (Lipinski definition) is 1. The van der Waals surface area contributed by atoms with Crippen LogP contribution in [0.3, 0.4) is 0 Å². The van der Waals surface area contributed by atoms with Crippen molar-refractivity contribution in [3.63, 3.8) is 0 Å².